The molecule has 0 aromatic rings. The number of piperidine rings is 1. The maximum Gasteiger partial charge on any atom is 0.410 e. The molecular weight excluding hydrogens is 228 g/mol. The molecule has 2 saturated heterocycles. The van der Waals surface area contributed by atoms with Gasteiger partial charge in [-0.25, -0.2) is 4.79 Å². The molecule has 0 aliphatic carbocycles. The van der Waals surface area contributed by atoms with Gasteiger partial charge >= 0.3 is 6.09 Å². The van der Waals surface area contributed by atoms with Crippen LogP contribution in [0.4, 0.5) is 4.79 Å². The van der Waals surface area contributed by atoms with Gasteiger partial charge in [0.05, 0.1) is 0 Å². The Kier molecular flexibility index (Phi) is 4.15. The summed E-state index contributed by atoms with van der Waals surface area (Å²) in [6.45, 7) is 8.60. The Bertz CT molecular complexity index is 299. The van der Waals surface area contributed by atoms with Gasteiger partial charge in [-0.3, -0.25) is 0 Å². The van der Waals surface area contributed by atoms with E-state index in [9.17, 15) is 4.79 Å². The summed E-state index contributed by atoms with van der Waals surface area (Å²) in [5, 5.41) is 3.59. The van der Waals surface area contributed by atoms with Crippen molar-refractivity contribution in [1.29, 1.82) is 0 Å². The summed E-state index contributed by atoms with van der Waals surface area (Å²) < 4.78 is 5.48. The van der Waals surface area contributed by atoms with Crippen LogP contribution in [-0.4, -0.2) is 42.3 Å². The average Bonchev–Trinajstić information content (AvgIpc) is 2.48. The number of nitrogens with zero attached hydrogens (tertiary/aromatic N) is 1. The van der Waals surface area contributed by atoms with Crippen molar-refractivity contribution >= 4 is 6.09 Å². The molecule has 0 bridgehead atoms. The van der Waals surface area contributed by atoms with Crippen LogP contribution in [0.1, 0.15) is 46.5 Å². The van der Waals surface area contributed by atoms with Gasteiger partial charge < -0.3 is 15.0 Å². The van der Waals surface area contributed by atoms with Gasteiger partial charge in [0.15, 0.2) is 0 Å². The van der Waals surface area contributed by atoms with Gasteiger partial charge in [0.2, 0.25) is 0 Å². The normalized spacial score (nSPS) is 29.4. The third-order valence-electron chi connectivity index (χ3n) is 3.78. The highest BCUT2D eigenvalue weighted by atomic mass is 16.6. The highest BCUT2D eigenvalue weighted by Gasteiger charge is 2.32. The lowest BCUT2D eigenvalue weighted by Crippen LogP contribution is -2.45. The van der Waals surface area contributed by atoms with E-state index in [2.05, 4.69) is 5.32 Å². The highest BCUT2D eigenvalue weighted by molar-refractivity contribution is 5.68. The Labute approximate surface area is 110 Å². The smallest absolute Gasteiger partial charge is 0.410 e. The zero-order valence-electron chi connectivity index (χ0n) is 11.9. The number of carbonyl (C=O) groups is 1. The second-order valence-corrected chi connectivity index (χ2v) is 6.53. The van der Waals surface area contributed by atoms with Gasteiger partial charge in [-0.05, 0) is 58.9 Å². The molecule has 0 radical (unpaired) electrons. The zero-order valence-corrected chi connectivity index (χ0v) is 11.9. The summed E-state index contributed by atoms with van der Waals surface area (Å²) in [5.74, 6) is 0.605. The fraction of sp³-hybridized carbons (Fsp3) is 0.929. The van der Waals surface area contributed by atoms with E-state index in [-0.39, 0.29) is 6.09 Å². The summed E-state index contributed by atoms with van der Waals surface area (Å²) in [4.78, 5) is 14.0. The standard InChI is InChI=1S/C14H26N2O2/c1-14(2,3)18-13(17)16-9-5-7-12-11(10-16)6-4-8-15-12/h11-12,15H,4-10H2,1-3H3/t11-,12+/m0/s1. The molecule has 2 aliphatic rings. The van der Waals surface area contributed by atoms with E-state index in [1.54, 1.807) is 0 Å². The Morgan fingerprint density at radius 1 is 1.28 bits per heavy atom. The average molecular weight is 254 g/mol. The molecule has 2 rings (SSSR count). The molecule has 2 fully saturated rings. The summed E-state index contributed by atoms with van der Waals surface area (Å²) >= 11 is 0. The van der Waals surface area contributed by atoms with Crippen LogP contribution < -0.4 is 5.32 Å². The van der Waals surface area contributed by atoms with Crippen LogP contribution in [0, 0.1) is 5.92 Å². The zero-order chi connectivity index (χ0) is 13.2. The molecule has 0 aromatic carbocycles. The van der Waals surface area contributed by atoms with Gasteiger partial charge in [0.1, 0.15) is 5.60 Å². The Hall–Kier alpha value is -0.770. The van der Waals surface area contributed by atoms with Gasteiger partial charge in [-0.1, -0.05) is 0 Å². The number of carbonyl (C=O) groups excluding carboxylic acids is 1. The van der Waals surface area contributed by atoms with Gasteiger partial charge in [-0.15, -0.1) is 0 Å². The predicted octanol–water partition coefficient (Wildman–Crippen LogP) is 2.39. The third kappa shape index (κ3) is 3.61. The SMILES string of the molecule is CC(C)(C)OC(=O)N1CCC[C@H]2NCCC[C@H]2C1. The minimum atomic E-state index is -0.395. The van der Waals surface area contributed by atoms with Crippen molar-refractivity contribution < 1.29 is 9.53 Å². The first kappa shape index (κ1) is 13.7. The number of hydrogen-bond acceptors (Lipinski definition) is 3. The molecular formula is C14H26N2O2. The van der Waals surface area contributed by atoms with Crippen LogP contribution in [-0.2, 0) is 4.74 Å². The maximum atomic E-state index is 12.1. The molecule has 0 spiro atoms. The predicted molar refractivity (Wildman–Crippen MR) is 71.6 cm³/mol. The van der Waals surface area contributed by atoms with Crippen LogP contribution in [0.15, 0.2) is 0 Å². The van der Waals surface area contributed by atoms with Crippen molar-refractivity contribution in [3.8, 4) is 0 Å². The molecule has 2 aliphatic heterocycles. The Morgan fingerprint density at radius 3 is 2.78 bits per heavy atom. The van der Waals surface area contributed by atoms with Gasteiger partial charge in [0.25, 0.3) is 0 Å². The molecule has 0 aromatic heterocycles. The van der Waals surface area contributed by atoms with Crippen LogP contribution in [0.2, 0.25) is 0 Å². The fourth-order valence-electron chi connectivity index (χ4n) is 2.94. The van der Waals surface area contributed by atoms with Crippen LogP contribution in [0.3, 0.4) is 0 Å². The molecule has 4 heteroatoms. The second kappa shape index (κ2) is 5.47. The summed E-state index contributed by atoms with van der Waals surface area (Å²) in [6, 6.07) is 0.603. The van der Waals surface area contributed by atoms with E-state index in [1.165, 1.54) is 19.3 Å². The van der Waals surface area contributed by atoms with Gasteiger partial charge in [-0.2, -0.15) is 0 Å². The highest BCUT2D eigenvalue weighted by Crippen LogP contribution is 2.25. The first-order chi connectivity index (χ1) is 8.46. The Morgan fingerprint density at radius 2 is 2.06 bits per heavy atom. The summed E-state index contributed by atoms with van der Waals surface area (Å²) in [7, 11) is 0. The molecule has 2 atom stereocenters. The lowest BCUT2D eigenvalue weighted by Gasteiger charge is -2.33. The van der Waals surface area contributed by atoms with Gasteiger partial charge in [0, 0.05) is 19.1 Å². The molecule has 1 N–H and O–H groups in total. The van der Waals surface area contributed by atoms with E-state index in [0.717, 1.165) is 26.1 Å². The number of fused-ring (bicyclic) bond motifs is 1. The van der Waals surface area contributed by atoms with Crippen molar-refractivity contribution in [3.63, 3.8) is 0 Å². The number of amides is 1. The van der Waals surface area contributed by atoms with E-state index >= 15 is 0 Å². The number of rotatable bonds is 0. The van der Waals surface area contributed by atoms with Crippen molar-refractivity contribution in [1.82, 2.24) is 10.2 Å². The van der Waals surface area contributed by atoms with Crippen LogP contribution in [0.5, 0.6) is 0 Å². The largest absolute Gasteiger partial charge is 0.444 e. The Balaban J connectivity index is 1.95. The van der Waals surface area contributed by atoms with E-state index < -0.39 is 5.60 Å². The number of ether oxygens (including phenoxy) is 1. The molecule has 4 nitrogen and oxygen atoms in total. The van der Waals surface area contributed by atoms with E-state index in [1.807, 2.05) is 25.7 Å². The summed E-state index contributed by atoms with van der Waals surface area (Å²) in [6.07, 6.45) is 4.58. The molecule has 0 unspecified atom stereocenters. The first-order valence-corrected chi connectivity index (χ1v) is 7.17. The van der Waals surface area contributed by atoms with Crippen molar-refractivity contribution in [2.75, 3.05) is 19.6 Å². The maximum absolute atomic E-state index is 12.1. The minimum absolute atomic E-state index is 0.145. The number of likely N-dealkylation sites (tertiary alicyclic amines) is 1. The molecule has 2 heterocycles. The number of hydrogen-bond donors (Lipinski definition) is 1. The molecule has 1 amide bonds. The lowest BCUT2D eigenvalue weighted by molar-refractivity contribution is 0.0223. The fourth-order valence-corrected chi connectivity index (χ4v) is 2.94. The van der Waals surface area contributed by atoms with Crippen molar-refractivity contribution in [3.05, 3.63) is 0 Å². The molecule has 104 valence electrons. The molecule has 18 heavy (non-hydrogen) atoms. The number of nitrogens with one attached hydrogen (secondary N) is 1. The van der Waals surface area contributed by atoms with E-state index in [4.69, 9.17) is 4.74 Å². The second-order valence-electron chi connectivity index (χ2n) is 6.53. The lowest BCUT2D eigenvalue weighted by atomic mass is 9.89. The van der Waals surface area contributed by atoms with E-state index in [0.29, 0.717) is 12.0 Å². The van der Waals surface area contributed by atoms with Crippen LogP contribution >= 0.6 is 0 Å². The van der Waals surface area contributed by atoms with Crippen molar-refractivity contribution in [2.24, 2.45) is 5.92 Å². The minimum Gasteiger partial charge on any atom is -0.444 e. The quantitative estimate of drug-likeness (QED) is 0.721. The monoisotopic (exact) mass is 254 g/mol. The van der Waals surface area contributed by atoms with Crippen LogP contribution in [0.25, 0.3) is 0 Å². The molecule has 0 saturated carbocycles. The van der Waals surface area contributed by atoms with Crippen molar-refractivity contribution in [2.45, 2.75) is 58.1 Å². The topological polar surface area (TPSA) is 41.6 Å². The first-order valence-electron chi connectivity index (χ1n) is 7.17. The summed E-state index contributed by atoms with van der Waals surface area (Å²) in [5.41, 5.74) is -0.395. The third-order valence-corrected chi connectivity index (χ3v) is 3.78.